The molecule has 0 bridgehead atoms. The SMILES string of the molecule is C\C=C/C(CN1CCn2c(cn2C(C)/N=C\C=C/CC)C1)=N\C=C\CF. The molecule has 1 aliphatic heterocycles. The smallest absolute Gasteiger partial charge is 0.136 e. The van der Waals surface area contributed by atoms with Gasteiger partial charge in [-0.25, -0.2) is 4.39 Å². The van der Waals surface area contributed by atoms with Gasteiger partial charge >= 0.3 is 0 Å². The topological polar surface area (TPSA) is 37.8 Å². The maximum absolute atomic E-state index is 12.2. The molecule has 0 radical (unpaired) electrons. The predicted molar refractivity (Wildman–Crippen MR) is 108 cm³/mol. The maximum atomic E-state index is 12.2. The number of hydrogen-bond donors (Lipinski definition) is 0. The van der Waals surface area contributed by atoms with Crippen molar-refractivity contribution in [2.24, 2.45) is 9.98 Å². The van der Waals surface area contributed by atoms with E-state index in [0.717, 1.165) is 38.3 Å². The highest BCUT2D eigenvalue weighted by Gasteiger charge is 2.22. The van der Waals surface area contributed by atoms with Gasteiger partial charge in [-0.05, 0) is 38.5 Å². The number of aliphatic imine (C=N–C) groups is 2. The van der Waals surface area contributed by atoms with Gasteiger partial charge in [0.1, 0.15) is 12.8 Å². The lowest BCUT2D eigenvalue weighted by Gasteiger charge is -2.37. The minimum Gasteiger partial charge on any atom is -0.290 e. The number of alkyl halides is 1. The molecule has 0 amide bonds. The van der Waals surface area contributed by atoms with Crippen molar-refractivity contribution in [1.82, 2.24) is 14.3 Å². The lowest BCUT2D eigenvalue weighted by Crippen LogP contribution is -2.43. The molecule has 0 N–H and O–H groups in total. The Morgan fingerprint density at radius 3 is 2.88 bits per heavy atom. The Bertz CT molecular complexity index is 690. The highest BCUT2D eigenvalue weighted by atomic mass is 19.1. The zero-order valence-corrected chi connectivity index (χ0v) is 16.1. The maximum Gasteiger partial charge on any atom is 0.136 e. The molecule has 1 aliphatic rings. The normalized spacial score (nSPS) is 18.1. The van der Waals surface area contributed by atoms with E-state index in [4.69, 9.17) is 0 Å². The molecule has 0 spiro atoms. The largest absolute Gasteiger partial charge is 0.290 e. The van der Waals surface area contributed by atoms with E-state index < -0.39 is 6.67 Å². The van der Waals surface area contributed by atoms with Crippen molar-refractivity contribution >= 4 is 11.9 Å². The van der Waals surface area contributed by atoms with Crippen LogP contribution in [-0.2, 0) is 13.1 Å². The van der Waals surface area contributed by atoms with Crippen LogP contribution in [0.5, 0.6) is 0 Å². The monoisotopic (exact) mass is 359 g/mol. The van der Waals surface area contributed by atoms with Crippen LogP contribution >= 0.6 is 0 Å². The van der Waals surface area contributed by atoms with Crippen molar-refractivity contribution in [3.63, 3.8) is 0 Å². The average molecular weight is 359 g/mol. The van der Waals surface area contributed by atoms with E-state index in [1.54, 1.807) is 6.20 Å². The second kappa shape index (κ2) is 10.7. The first-order valence-corrected chi connectivity index (χ1v) is 9.27. The molecule has 6 heteroatoms. The fourth-order valence-corrected chi connectivity index (χ4v) is 2.94. The molecule has 1 aromatic heterocycles. The van der Waals surface area contributed by atoms with Gasteiger partial charge in [-0.15, -0.1) is 0 Å². The van der Waals surface area contributed by atoms with Gasteiger partial charge in [0, 0.05) is 38.2 Å². The van der Waals surface area contributed by atoms with Crippen molar-refractivity contribution in [3.05, 3.63) is 48.5 Å². The molecule has 1 unspecified atom stereocenters. The van der Waals surface area contributed by atoms with Gasteiger partial charge in [0.2, 0.25) is 0 Å². The molecular weight excluding hydrogens is 329 g/mol. The van der Waals surface area contributed by atoms with Crippen molar-refractivity contribution in [2.45, 2.75) is 46.4 Å². The molecule has 0 aliphatic carbocycles. The molecule has 1 atom stereocenters. The molecule has 142 valence electrons. The summed E-state index contributed by atoms with van der Waals surface area (Å²) in [7, 11) is 0. The summed E-state index contributed by atoms with van der Waals surface area (Å²) in [6.07, 6.45) is 16.2. The van der Waals surface area contributed by atoms with Crippen LogP contribution < -0.4 is 0 Å². The molecule has 0 fully saturated rings. The minimum absolute atomic E-state index is 0.109. The Morgan fingerprint density at radius 1 is 1.35 bits per heavy atom. The molecule has 26 heavy (non-hydrogen) atoms. The van der Waals surface area contributed by atoms with E-state index in [-0.39, 0.29) is 6.17 Å². The molecule has 0 saturated heterocycles. The van der Waals surface area contributed by atoms with Gasteiger partial charge in [-0.3, -0.25) is 24.2 Å². The van der Waals surface area contributed by atoms with E-state index in [1.807, 2.05) is 31.4 Å². The van der Waals surface area contributed by atoms with E-state index in [2.05, 4.69) is 50.4 Å². The fraction of sp³-hybridized carbons (Fsp3) is 0.500. The first-order chi connectivity index (χ1) is 12.7. The van der Waals surface area contributed by atoms with E-state index in [1.165, 1.54) is 11.8 Å². The van der Waals surface area contributed by atoms with Crippen LogP contribution in [0.3, 0.4) is 0 Å². The van der Waals surface area contributed by atoms with Crippen molar-refractivity contribution in [1.29, 1.82) is 0 Å². The van der Waals surface area contributed by atoms with Gasteiger partial charge < -0.3 is 0 Å². The summed E-state index contributed by atoms with van der Waals surface area (Å²) in [5.74, 6) is 0. The average Bonchev–Trinajstić information content (AvgIpc) is 2.61. The van der Waals surface area contributed by atoms with Crippen molar-refractivity contribution in [3.8, 4) is 0 Å². The summed E-state index contributed by atoms with van der Waals surface area (Å²) in [6.45, 7) is 9.27. The summed E-state index contributed by atoms with van der Waals surface area (Å²) in [5, 5.41) is 0. The highest BCUT2D eigenvalue weighted by molar-refractivity contribution is 5.96. The third kappa shape index (κ3) is 5.66. The Balaban J connectivity index is 1.94. The second-order valence-electron chi connectivity index (χ2n) is 6.26. The van der Waals surface area contributed by atoms with Crippen molar-refractivity contribution < 1.29 is 4.39 Å². The zero-order chi connectivity index (χ0) is 18.8. The second-order valence-corrected chi connectivity index (χ2v) is 6.26. The van der Waals surface area contributed by atoms with E-state index in [0.29, 0.717) is 0 Å². The molecule has 5 nitrogen and oxygen atoms in total. The van der Waals surface area contributed by atoms with Crippen LogP contribution in [-0.4, -0.2) is 46.0 Å². The summed E-state index contributed by atoms with van der Waals surface area (Å²) in [6, 6.07) is 0. The van der Waals surface area contributed by atoms with Crippen LogP contribution in [0.2, 0.25) is 0 Å². The van der Waals surface area contributed by atoms with Crippen LogP contribution in [0.25, 0.3) is 0 Å². The van der Waals surface area contributed by atoms with Gasteiger partial charge in [0.25, 0.3) is 0 Å². The molecule has 0 aromatic carbocycles. The first-order valence-electron chi connectivity index (χ1n) is 9.27. The first kappa shape index (κ1) is 20.1. The summed E-state index contributed by atoms with van der Waals surface area (Å²) < 4.78 is 16.7. The number of rotatable bonds is 9. The lowest BCUT2D eigenvalue weighted by atomic mass is 10.2. The molecule has 1 aromatic rings. The van der Waals surface area contributed by atoms with Gasteiger partial charge in [0.15, 0.2) is 0 Å². The van der Waals surface area contributed by atoms with E-state index in [9.17, 15) is 4.39 Å². The molecule has 2 heterocycles. The van der Waals surface area contributed by atoms with Crippen LogP contribution in [0.15, 0.2) is 52.8 Å². The van der Waals surface area contributed by atoms with Crippen LogP contribution in [0.1, 0.15) is 39.1 Å². The molecule has 2 rings (SSSR count). The Labute approximate surface area is 155 Å². The van der Waals surface area contributed by atoms with Crippen LogP contribution in [0.4, 0.5) is 4.39 Å². The third-order valence-corrected chi connectivity index (χ3v) is 4.23. The summed E-state index contributed by atoms with van der Waals surface area (Å²) in [4.78, 5) is 11.3. The summed E-state index contributed by atoms with van der Waals surface area (Å²) in [5.41, 5.74) is 2.25. The lowest BCUT2D eigenvalue weighted by molar-refractivity contribution is 0.190. The predicted octanol–water partition coefficient (Wildman–Crippen LogP) is 4.16. The number of nitrogens with zero attached hydrogens (tertiary/aromatic N) is 5. The Kier molecular flexibility index (Phi) is 8.28. The van der Waals surface area contributed by atoms with Gasteiger partial charge in [0.05, 0.1) is 18.0 Å². The minimum atomic E-state index is -0.483. The number of hydrogen-bond acceptors (Lipinski definition) is 3. The van der Waals surface area contributed by atoms with Gasteiger partial charge in [-0.1, -0.05) is 19.1 Å². The third-order valence-electron chi connectivity index (χ3n) is 4.23. The number of halogens is 1. The summed E-state index contributed by atoms with van der Waals surface area (Å²) >= 11 is 0. The Morgan fingerprint density at radius 2 is 2.19 bits per heavy atom. The highest BCUT2D eigenvalue weighted by Crippen LogP contribution is 2.20. The molecular formula is C20H30FN5. The quantitative estimate of drug-likeness (QED) is 0.610. The number of fused-ring (bicyclic) bond motifs is 1. The van der Waals surface area contributed by atoms with E-state index >= 15 is 0 Å². The standard InChI is InChI=1S/C20H30FN5/c1-4-6-7-11-22-18(3)26-17-20-16-24(13-14-25(20)26)15-19(9-5-2)23-12-8-10-21/h5-9,11-12,17-18H,4,10,13-16H2,1-3H3/b7-6-,9-5-,12-8+,22-11-,23-19+. The molecule has 0 saturated carbocycles. The Hall–Kier alpha value is -2.21. The van der Waals surface area contributed by atoms with Crippen molar-refractivity contribution in [2.75, 3.05) is 19.8 Å². The van der Waals surface area contributed by atoms with Gasteiger partial charge in [-0.2, -0.15) is 0 Å². The zero-order valence-electron chi connectivity index (χ0n) is 16.1. The fourth-order valence-electron chi connectivity index (χ4n) is 2.94. The number of aromatic nitrogens is 2. The van der Waals surface area contributed by atoms with Crippen LogP contribution in [0, 0.1) is 0 Å². The number of allylic oxidation sites excluding steroid dienone is 4.